The number of alkyl halides is 1. The van der Waals surface area contributed by atoms with Crippen LogP contribution in [0.3, 0.4) is 0 Å². The van der Waals surface area contributed by atoms with Gasteiger partial charge in [0.15, 0.2) is 5.13 Å². The molecule has 0 radical (unpaired) electrons. The predicted octanol–water partition coefficient (Wildman–Crippen LogP) is 5.06. The van der Waals surface area contributed by atoms with Gasteiger partial charge in [-0.2, -0.15) is 0 Å². The molecule has 27 heavy (non-hydrogen) atoms. The van der Waals surface area contributed by atoms with Crippen molar-refractivity contribution in [2.45, 2.75) is 51.7 Å². The molecular weight excluding hydrogens is 381 g/mol. The number of carbonyl (C=O) groups is 1. The predicted molar refractivity (Wildman–Crippen MR) is 114 cm³/mol. The molecule has 0 aliphatic heterocycles. The molecule has 1 amide bonds. The summed E-state index contributed by atoms with van der Waals surface area (Å²) < 4.78 is 14.3. The summed E-state index contributed by atoms with van der Waals surface area (Å²) >= 11 is 3.24. The lowest BCUT2D eigenvalue weighted by Gasteiger charge is -2.01. The molecule has 1 aromatic heterocycles. The Morgan fingerprint density at radius 3 is 2.78 bits per heavy atom. The van der Waals surface area contributed by atoms with E-state index in [0.717, 1.165) is 17.4 Å². The number of carbonyl (C=O) groups excluding carboxylic acids is 1. The Balaban J connectivity index is 0.000000273. The average molecular weight is 410 g/mol. The maximum absolute atomic E-state index is 11.4. The fourth-order valence-corrected chi connectivity index (χ4v) is 4.08. The second kappa shape index (κ2) is 11.4. The highest BCUT2D eigenvalue weighted by molar-refractivity contribution is 7.98. The van der Waals surface area contributed by atoms with Gasteiger partial charge in [0.05, 0.1) is 5.69 Å². The van der Waals surface area contributed by atoms with Gasteiger partial charge in [-0.3, -0.25) is 9.52 Å². The summed E-state index contributed by atoms with van der Waals surface area (Å²) in [7, 11) is 0. The van der Waals surface area contributed by atoms with E-state index in [4.69, 9.17) is 0 Å². The second-order valence-electron chi connectivity index (χ2n) is 6.50. The van der Waals surface area contributed by atoms with Crippen LogP contribution in [0.15, 0.2) is 24.3 Å². The second-order valence-corrected chi connectivity index (χ2v) is 8.77. The summed E-state index contributed by atoms with van der Waals surface area (Å²) in [5, 5.41) is 4.31. The van der Waals surface area contributed by atoms with Crippen LogP contribution < -0.4 is 10.0 Å². The van der Waals surface area contributed by atoms with E-state index in [1.54, 1.807) is 23.3 Å². The first-order chi connectivity index (χ1) is 13.0. The van der Waals surface area contributed by atoms with Gasteiger partial charge in [-0.1, -0.05) is 48.7 Å². The third-order valence-corrected chi connectivity index (χ3v) is 6.13. The molecule has 4 nitrogen and oxygen atoms in total. The van der Waals surface area contributed by atoms with Crippen LogP contribution in [0, 0.1) is 13.8 Å². The fraction of sp³-hybridized carbons (Fsp3) is 0.500. The molecule has 1 heterocycles. The molecule has 1 fully saturated rings. The zero-order chi connectivity index (χ0) is 19.6. The van der Waals surface area contributed by atoms with Crippen LogP contribution in [0.5, 0.6) is 0 Å². The van der Waals surface area contributed by atoms with Crippen molar-refractivity contribution >= 4 is 34.3 Å². The lowest BCUT2D eigenvalue weighted by atomic mass is 10.1. The molecule has 0 atom stereocenters. The van der Waals surface area contributed by atoms with E-state index in [0.29, 0.717) is 18.1 Å². The third-order valence-electron chi connectivity index (χ3n) is 3.88. The maximum Gasteiger partial charge on any atom is 0.225 e. The molecular formula is C20H28FN3OS2. The lowest BCUT2D eigenvalue weighted by molar-refractivity contribution is -0.115. The van der Waals surface area contributed by atoms with E-state index >= 15 is 0 Å². The molecule has 1 aromatic carbocycles. The minimum Gasteiger partial charge on any atom is -0.302 e. The van der Waals surface area contributed by atoms with Gasteiger partial charge >= 0.3 is 0 Å². The van der Waals surface area contributed by atoms with Gasteiger partial charge in [-0.05, 0) is 32.3 Å². The van der Waals surface area contributed by atoms with Crippen molar-refractivity contribution in [2.24, 2.45) is 0 Å². The summed E-state index contributed by atoms with van der Waals surface area (Å²) in [4.78, 5) is 17.0. The van der Waals surface area contributed by atoms with Gasteiger partial charge in [0.1, 0.15) is 6.67 Å². The lowest BCUT2D eigenvalue weighted by Crippen LogP contribution is -2.08. The van der Waals surface area contributed by atoms with E-state index in [1.807, 2.05) is 13.8 Å². The van der Waals surface area contributed by atoms with Gasteiger partial charge in [-0.15, -0.1) is 11.3 Å². The minimum absolute atomic E-state index is 0.0101. The number of aromatic nitrogens is 1. The number of benzene rings is 1. The molecule has 3 rings (SSSR count). The molecule has 7 heteroatoms. The van der Waals surface area contributed by atoms with Crippen LogP contribution in [0.4, 0.5) is 9.52 Å². The quantitative estimate of drug-likeness (QED) is 0.473. The number of halogens is 1. The standard InChI is InChI=1S/C15H18N2OS.C5H10FNS/c1-4-14(18)17-15-16-11(3)13(19-15)9-12-7-5-6-10(2)8-12;6-3-4-7-8-5-1-2-5/h5-8H,4,9H2,1-3H3,(H,16,17,18);5,7H,1-4H2. The van der Waals surface area contributed by atoms with Crippen LogP contribution in [-0.2, 0) is 11.2 Å². The minimum atomic E-state index is -0.250. The Kier molecular flexibility index (Phi) is 9.24. The van der Waals surface area contributed by atoms with Crippen molar-refractivity contribution in [1.29, 1.82) is 0 Å². The molecule has 1 saturated carbocycles. The molecule has 0 spiro atoms. The fourth-order valence-electron chi connectivity index (χ4n) is 2.26. The van der Waals surface area contributed by atoms with Crippen molar-refractivity contribution in [3.8, 4) is 0 Å². The monoisotopic (exact) mass is 409 g/mol. The largest absolute Gasteiger partial charge is 0.302 e. The van der Waals surface area contributed by atoms with Gasteiger partial charge < -0.3 is 5.32 Å². The molecule has 1 aliphatic rings. The first-order valence-electron chi connectivity index (χ1n) is 9.28. The van der Waals surface area contributed by atoms with E-state index in [-0.39, 0.29) is 12.6 Å². The first kappa shape index (κ1) is 21.9. The Morgan fingerprint density at radius 1 is 1.37 bits per heavy atom. The normalized spacial score (nSPS) is 13.0. The number of anilines is 1. The average Bonchev–Trinajstić information content (AvgIpc) is 3.40. The zero-order valence-corrected chi connectivity index (χ0v) is 17.8. The van der Waals surface area contributed by atoms with Crippen LogP contribution in [0.1, 0.15) is 47.9 Å². The number of nitrogens with one attached hydrogen (secondary N) is 2. The van der Waals surface area contributed by atoms with Crippen LogP contribution in [0.25, 0.3) is 0 Å². The van der Waals surface area contributed by atoms with E-state index in [1.165, 1.54) is 28.8 Å². The molecule has 0 bridgehead atoms. The highest BCUT2D eigenvalue weighted by Gasteiger charge is 2.21. The van der Waals surface area contributed by atoms with Crippen LogP contribution in [0.2, 0.25) is 0 Å². The summed E-state index contributed by atoms with van der Waals surface area (Å²) in [6.45, 7) is 6.17. The highest BCUT2D eigenvalue weighted by atomic mass is 32.2. The van der Waals surface area contributed by atoms with Gasteiger partial charge in [0.25, 0.3) is 0 Å². The molecule has 2 aromatic rings. The number of hydrogen-bond acceptors (Lipinski definition) is 5. The Hall–Kier alpha value is -1.44. The Bertz CT molecular complexity index is 732. The summed E-state index contributed by atoms with van der Waals surface area (Å²) in [5.41, 5.74) is 3.54. The number of nitrogens with zero attached hydrogens (tertiary/aromatic N) is 1. The number of thiazole rings is 1. The van der Waals surface area contributed by atoms with Gasteiger partial charge in [-0.25, -0.2) is 9.37 Å². The first-order valence-corrected chi connectivity index (χ1v) is 11.0. The molecule has 2 N–H and O–H groups in total. The Labute approximate surface area is 169 Å². The highest BCUT2D eigenvalue weighted by Crippen LogP contribution is 2.31. The van der Waals surface area contributed by atoms with Gasteiger partial charge in [0.2, 0.25) is 5.91 Å². The third kappa shape index (κ3) is 8.41. The number of hydrogen-bond donors (Lipinski definition) is 2. The number of amides is 1. The van der Waals surface area contributed by atoms with Crippen molar-refractivity contribution in [3.63, 3.8) is 0 Å². The SMILES string of the molecule is CCC(=O)Nc1nc(C)c(Cc2cccc(C)c2)s1.FCCNSC1CC1. The topological polar surface area (TPSA) is 54.0 Å². The zero-order valence-electron chi connectivity index (χ0n) is 16.2. The molecule has 148 valence electrons. The van der Waals surface area contributed by atoms with E-state index in [9.17, 15) is 9.18 Å². The summed E-state index contributed by atoms with van der Waals surface area (Å²) in [6, 6.07) is 8.47. The van der Waals surface area contributed by atoms with Gasteiger partial charge in [0, 0.05) is 29.5 Å². The number of rotatable bonds is 8. The van der Waals surface area contributed by atoms with Crippen molar-refractivity contribution in [1.82, 2.24) is 9.71 Å². The molecule has 0 unspecified atom stereocenters. The molecule has 1 aliphatic carbocycles. The summed E-state index contributed by atoms with van der Waals surface area (Å²) in [6.07, 6.45) is 3.97. The summed E-state index contributed by atoms with van der Waals surface area (Å²) in [5.74, 6) is 0.0101. The van der Waals surface area contributed by atoms with Crippen molar-refractivity contribution < 1.29 is 9.18 Å². The Morgan fingerprint density at radius 2 is 2.15 bits per heavy atom. The van der Waals surface area contributed by atoms with E-state index < -0.39 is 0 Å². The van der Waals surface area contributed by atoms with E-state index in [2.05, 4.69) is 46.2 Å². The van der Waals surface area contributed by atoms with Crippen molar-refractivity contribution in [2.75, 3.05) is 18.5 Å². The number of aryl methyl sites for hydroxylation is 2. The van der Waals surface area contributed by atoms with Crippen molar-refractivity contribution in [3.05, 3.63) is 46.0 Å². The van der Waals surface area contributed by atoms with Crippen LogP contribution in [-0.4, -0.2) is 29.4 Å². The smallest absolute Gasteiger partial charge is 0.225 e. The molecule has 0 saturated heterocycles. The maximum atomic E-state index is 11.4. The van der Waals surface area contributed by atoms with Crippen LogP contribution >= 0.6 is 23.3 Å².